The number of anilines is 3. The molecule has 6 rings (SSSR count). The van der Waals surface area contributed by atoms with E-state index in [1.165, 1.54) is 41.7 Å². The molecule has 2 aromatic carbocycles. The first-order valence-electron chi connectivity index (χ1n) is 15.8. The SMILES string of the molecule is CNc1nn(C)c2cc(N3CCN(CC4CCN(c5cccc(S(=O)N6CCC(N=C(C)N)CC6)c5)CC4)CC3)ccc12. The number of aromatic nitrogens is 2. The minimum atomic E-state index is -1.14. The summed E-state index contributed by atoms with van der Waals surface area (Å²) in [5, 5.41) is 8.96. The fraction of sp³-hybridized carbons (Fsp3) is 0.562. The van der Waals surface area contributed by atoms with Gasteiger partial charge < -0.3 is 20.9 Å². The first-order chi connectivity index (χ1) is 20.9. The number of nitrogens with one attached hydrogen (secondary N) is 1. The number of piperazine rings is 1. The highest BCUT2D eigenvalue weighted by Gasteiger charge is 2.26. The van der Waals surface area contributed by atoms with Gasteiger partial charge in [0.15, 0.2) is 5.82 Å². The lowest BCUT2D eigenvalue weighted by Gasteiger charge is -2.40. The van der Waals surface area contributed by atoms with Crippen molar-refractivity contribution in [2.45, 2.75) is 43.5 Å². The quantitative estimate of drug-likeness (QED) is 0.300. The second-order valence-electron chi connectivity index (χ2n) is 12.3. The van der Waals surface area contributed by atoms with E-state index in [0.29, 0.717) is 5.84 Å². The molecule has 4 heterocycles. The van der Waals surface area contributed by atoms with Crippen LogP contribution in [0.2, 0.25) is 0 Å². The van der Waals surface area contributed by atoms with Crippen LogP contribution in [0.3, 0.4) is 0 Å². The molecule has 3 N–H and O–H groups in total. The predicted octanol–water partition coefficient (Wildman–Crippen LogP) is 3.52. The van der Waals surface area contributed by atoms with Crippen LogP contribution >= 0.6 is 0 Å². The maximum Gasteiger partial charge on any atom is 0.155 e. The number of hydrogen-bond donors (Lipinski definition) is 2. The van der Waals surface area contributed by atoms with Gasteiger partial charge in [-0.15, -0.1) is 0 Å². The van der Waals surface area contributed by atoms with Crippen molar-refractivity contribution < 1.29 is 4.21 Å². The zero-order chi connectivity index (χ0) is 29.9. The molecule has 232 valence electrons. The summed E-state index contributed by atoms with van der Waals surface area (Å²) in [6.45, 7) is 11.0. The van der Waals surface area contributed by atoms with Crippen molar-refractivity contribution >= 4 is 44.9 Å². The Morgan fingerprint density at radius 2 is 1.65 bits per heavy atom. The number of aryl methyl sites for hydroxylation is 1. The van der Waals surface area contributed by atoms with Crippen LogP contribution < -0.4 is 20.9 Å². The number of benzene rings is 2. The molecule has 1 unspecified atom stereocenters. The first-order valence-corrected chi connectivity index (χ1v) is 16.9. The Morgan fingerprint density at radius 3 is 2.35 bits per heavy atom. The maximum absolute atomic E-state index is 13.4. The van der Waals surface area contributed by atoms with Gasteiger partial charge in [0.1, 0.15) is 11.0 Å². The summed E-state index contributed by atoms with van der Waals surface area (Å²) in [6, 6.07) is 15.4. The van der Waals surface area contributed by atoms with Crippen molar-refractivity contribution in [3.05, 3.63) is 42.5 Å². The Hall–Kier alpha value is -3.15. The maximum atomic E-state index is 13.4. The minimum absolute atomic E-state index is 0.254. The zero-order valence-corrected chi connectivity index (χ0v) is 26.7. The summed E-state index contributed by atoms with van der Waals surface area (Å²) in [7, 11) is 2.80. The van der Waals surface area contributed by atoms with Crippen LogP contribution in [0, 0.1) is 5.92 Å². The Bertz CT molecular complexity index is 1440. The Morgan fingerprint density at radius 1 is 0.953 bits per heavy atom. The van der Waals surface area contributed by atoms with Crippen LogP contribution in [0.5, 0.6) is 0 Å². The monoisotopic (exact) mass is 605 g/mol. The van der Waals surface area contributed by atoms with Gasteiger partial charge in [0.25, 0.3) is 0 Å². The van der Waals surface area contributed by atoms with Crippen LogP contribution in [0.4, 0.5) is 17.2 Å². The fourth-order valence-electron chi connectivity index (χ4n) is 6.92. The highest BCUT2D eigenvalue weighted by molar-refractivity contribution is 7.82. The van der Waals surface area contributed by atoms with Gasteiger partial charge in [-0.1, -0.05) is 6.07 Å². The van der Waals surface area contributed by atoms with Crippen LogP contribution in [0.25, 0.3) is 10.9 Å². The minimum Gasteiger partial charge on any atom is -0.388 e. The number of piperidine rings is 2. The molecule has 3 aliphatic rings. The molecule has 0 saturated carbocycles. The molecule has 10 nitrogen and oxygen atoms in total. The molecule has 0 bridgehead atoms. The highest BCUT2D eigenvalue weighted by atomic mass is 32.2. The Labute approximate surface area is 258 Å². The Kier molecular flexibility index (Phi) is 9.20. The average molecular weight is 606 g/mol. The van der Waals surface area contributed by atoms with Crippen molar-refractivity contribution in [3.63, 3.8) is 0 Å². The van der Waals surface area contributed by atoms with Crippen LogP contribution in [0.15, 0.2) is 52.4 Å². The number of nitrogens with zero attached hydrogens (tertiary/aromatic N) is 7. The topological polar surface area (TPSA) is 98.3 Å². The summed E-state index contributed by atoms with van der Waals surface area (Å²) >= 11 is 0. The van der Waals surface area contributed by atoms with Gasteiger partial charge in [-0.3, -0.25) is 14.6 Å². The summed E-state index contributed by atoms with van der Waals surface area (Å²) < 4.78 is 17.4. The van der Waals surface area contributed by atoms with Crippen LogP contribution in [-0.2, 0) is 18.0 Å². The summed E-state index contributed by atoms with van der Waals surface area (Å²) in [4.78, 5) is 13.1. The van der Waals surface area contributed by atoms with Crippen molar-refractivity contribution in [2.24, 2.45) is 23.7 Å². The number of fused-ring (bicyclic) bond motifs is 1. The van der Waals surface area contributed by atoms with E-state index in [9.17, 15) is 4.21 Å². The molecule has 1 atom stereocenters. The van der Waals surface area contributed by atoms with Gasteiger partial charge >= 0.3 is 0 Å². The molecule has 3 aromatic rings. The van der Waals surface area contributed by atoms with E-state index in [0.717, 1.165) is 81.8 Å². The van der Waals surface area contributed by atoms with Gasteiger partial charge in [0.2, 0.25) is 0 Å². The molecule has 43 heavy (non-hydrogen) atoms. The van der Waals surface area contributed by atoms with Crippen molar-refractivity contribution in [1.82, 2.24) is 19.0 Å². The van der Waals surface area contributed by atoms with Gasteiger partial charge in [-0.25, -0.2) is 8.51 Å². The number of hydrogen-bond acceptors (Lipinski definition) is 7. The van der Waals surface area contributed by atoms with Gasteiger partial charge in [-0.05, 0) is 74.9 Å². The normalized spacial score (nSPS) is 21.0. The molecule has 0 aliphatic carbocycles. The third-order valence-electron chi connectivity index (χ3n) is 9.37. The van der Waals surface area contributed by atoms with Crippen LogP contribution in [0.1, 0.15) is 32.6 Å². The van der Waals surface area contributed by atoms with E-state index in [2.05, 4.69) is 70.8 Å². The average Bonchev–Trinajstić information content (AvgIpc) is 3.36. The second-order valence-corrected chi connectivity index (χ2v) is 13.8. The smallest absolute Gasteiger partial charge is 0.155 e. The molecule has 0 amide bonds. The van der Waals surface area contributed by atoms with Gasteiger partial charge in [0, 0.05) is 89.8 Å². The lowest BCUT2D eigenvalue weighted by molar-refractivity contribution is 0.201. The van der Waals surface area contributed by atoms with E-state index in [4.69, 9.17) is 5.73 Å². The van der Waals surface area contributed by atoms with E-state index < -0.39 is 11.0 Å². The lowest BCUT2D eigenvalue weighted by atomic mass is 9.95. The summed E-state index contributed by atoms with van der Waals surface area (Å²) in [5.41, 5.74) is 9.41. The predicted molar refractivity (Wildman–Crippen MR) is 179 cm³/mol. The van der Waals surface area contributed by atoms with Gasteiger partial charge in [-0.2, -0.15) is 5.10 Å². The van der Waals surface area contributed by atoms with E-state index in [1.54, 1.807) is 0 Å². The van der Waals surface area contributed by atoms with E-state index in [1.807, 2.05) is 31.8 Å². The number of amidine groups is 1. The molecular weight excluding hydrogens is 558 g/mol. The number of rotatable bonds is 8. The number of aliphatic imine (C=N–C) groups is 1. The lowest BCUT2D eigenvalue weighted by Crippen LogP contribution is -2.49. The molecule has 0 radical (unpaired) electrons. The molecule has 1 aromatic heterocycles. The second kappa shape index (κ2) is 13.2. The number of nitrogens with two attached hydrogens (primary N) is 1. The molecule has 3 aliphatic heterocycles. The van der Waals surface area contributed by atoms with Crippen molar-refractivity contribution in [1.29, 1.82) is 0 Å². The summed E-state index contributed by atoms with van der Waals surface area (Å²) in [6.07, 6.45) is 4.21. The van der Waals surface area contributed by atoms with E-state index in [-0.39, 0.29) is 6.04 Å². The first kappa shape index (κ1) is 29.9. The molecule has 0 spiro atoms. The Balaban J connectivity index is 0.970. The van der Waals surface area contributed by atoms with Crippen molar-refractivity contribution in [2.75, 3.05) is 81.1 Å². The molecular formula is C32H47N9OS. The molecule has 11 heteroatoms. The van der Waals surface area contributed by atoms with Crippen LogP contribution in [-0.4, -0.2) is 101 Å². The third kappa shape index (κ3) is 6.84. The molecule has 3 fully saturated rings. The largest absolute Gasteiger partial charge is 0.388 e. The standard InChI is InChI=1S/C32H47N9OS/c1-24(33)35-26-11-15-41(16-12-26)43(42)29-6-4-5-27(21-29)39-13-9-25(10-14-39)23-38-17-19-40(20-18-38)28-7-8-30-31(22-28)37(3)36-32(30)34-2/h4-8,21-22,25-26H,9-20,23H2,1-3H3,(H2,33,35)(H,34,36). The fourth-order valence-corrected chi connectivity index (χ4v) is 8.17. The van der Waals surface area contributed by atoms with Gasteiger partial charge in [0.05, 0.1) is 22.3 Å². The molecule has 3 saturated heterocycles. The summed E-state index contributed by atoms with van der Waals surface area (Å²) in [5.74, 6) is 2.30. The van der Waals surface area contributed by atoms with Crippen molar-refractivity contribution in [3.8, 4) is 0 Å². The zero-order valence-electron chi connectivity index (χ0n) is 25.9. The highest BCUT2D eigenvalue weighted by Crippen LogP contribution is 2.29. The van der Waals surface area contributed by atoms with E-state index >= 15 is 0 Å². The third-order valence-corrected chi connectivity index (χ3v) is 10.9.